The van der Waals surface area contributed by atoms with Crippen LogP contribution in [0.3, 0.4) is 0 Å². The molecule has 19 heavy (non-hydrogen) atoms. The molecular formula is C12H15ClIN3OS. The third kappa shape index (κ3) is 4.55. The van der Waals surface area contributed by atoms with E-state index in [0.717, 1.165) is 5.56 Å². The molecule has 0 spiro atoms. The Kier molecular flexibility index (Phi) is 5.97. The smallest absolute Gasteiger partial charge is 0.215 e. The van der Waals surface area contributed by atoms with Crippen molar-refractivity contribution in [3.05, 3.63) is 45.9 Å². The monoisotopic (exact) mass is 411 g/mol. The van der Waals surface area contributed by atoms with Crippen LogP contribution < -0.4 is 0 Å². The number of hydrogen-bond donors (Lipinski definition) is 2. The number of aliphatic hydroxyl groups is 1. The van der Waals surface area contributed by atoms with Gasteiger partial charge in [0, 0.05) is 11.4 Å². The van der Waals surface area contributed by atoms with Gasteiger partial charge in [-0.3, -0.25) is 9.78 Å². The van der Waals surface area contributed by atoms with Gasteiger partial charge in [0.05, 0.1) is 12.1 Å². The third-order valence-electron chi connectivity index (χ3n) is 2.65. The maximum Gasteiger partial charge on any atom is 0.215 e. The molecule has 2 aromatic rings. The molecule has 0 fully saturated rings. The van der Waals surface area contributed by atoms with Gasteiger partial charge in [0.25, 0.3) is 0 Å². The predicted molar refractivity (Wildman–Crippen MR) is 88.6 cm³/mol. The molecule has 0 bridgehead atoms. The van der Waals surface area contributed by atoms with Crippen LogP contribution in [0.25, 0.3) is 0 Å². The molecule has 2 rings (SSSR count). The molecule has 0 aliphatic rings. The summed E-state index contributed by atoms with van der Waals surface area (Å²) in [6, 6.07) is 7.49. The van der Waals surface area contributed by atoms with Crippen molar-refractivity contribution in [2.24, 2.45) is 0 Å². The molecule has 1 heterocycles. The Hall–Kier alpha value is -0.440. The Morgan fingerprint density at radius 1 is 1.47 bits per heavy atom. The summed E-state index contributed by atoms with van der Waals surface area (Å²) >= 11 is 11.1. The standard InChI is InChI=1S/C12H14ClN3OS.HI/c1-12(17,7-16-11(18)14-8-15-16)6-9-4-2-3-5-10(9)13;/h2-5,8,17H,6-7H2,1H3,(H,14,15,18);1H. The van der Waals surface area contributed by atoms with Crippen LogP contribution in [0.2, 0.25) is 5.02 Å². The first-order chi connectivity index (χ1) is 8.48. The van der Waals surface area contributed by atoms with E-state index in [0.29, 0.717) is 22.8 Å². The largest absolute Gasteiger partial charge is 0.388 e. The van der Waals surface area contributed by atoms with Gasteiger partial charge in [-0.1, -0.05) is 29.8 Å². The van der Waals surface area contributed by atoms with Crippen molar-refractivity contribution in [1.29, 1.82) is 0 Å². The number of aromatic amines is 1. The van der Waals surface area contributed by atoms with Crippen LogP contribution in [0.1, 0.15) is 12.5 Å². The highest BCUT2D eigenvalue weighted by Crippen LogP contribution is 2.21. The van der Waals surface area contributed by atoms with Crippen molar-refractivity contribution in [2.45, 2.75) is 25.5 Å². The van der Waals surface area contributed by atoms with Crippen LogP contribution in [0.15, 0.2) is 30.6 Å². The van der Waals surface area contributed by atoms with Crippen LogP contribution >= 0.6 is 47.8 Å². The van der Waals surface area contributed by atoms with E-state index in [-0.39, 0.29) is 24.0 Å². The van der Waals surface area contributed by atoms with E-state index in [1.807, 2.05) is 24.3 Å². The summed E-state index contributed by atoms with van der Waals surface area (Å²) in [6.07, 6.45) is 1.96. The molecule has 0 saturated heterocycles. The van der Waals surface area contributed by atoms with Gasteiger partial charge in [-0.05, 0) is 30.8 Å². The molecule has 7 heteroatoms. The fraction of sp³-hybridized carbons (Fsp3) is 0.333. The van der Waals surface area contributed by atoms with Crippen molar-refractivity contribution < 1.29 is 5.11 Å². The van der Waals surface area contributed by atoms with Crippen LogP contribution in [0.4, 0.5) is 0 Å². The lowest BCUT2D eigenvalue weighted by atomic mass is 9.96. The number of halogens is 2. The number of rotatable bonds is 4. The molecule has 0 amide bonds. The zero-order chi connectivity index (χ0) is 13.2. The summed E-state index contributed by atoms with van der Waals surface area (Å²) in [7, 11) is 0. The Balaban J connectivity index is 0.00000180. The van der Waals surface area contributed by atoms with Gasteiger partial charge in [-0.25, -0.2) is 4.98 Å². The highest BCUT2D eigenvalue weighted by molar-refractivity contribution is 14.0. The molecule has 4 nitrogen and oxygen atoms in total. The summed E-state index contributed by atoms with van der Waals surface area (Å²) in [4.78, 5) is 3.91. The van der Waals surface area contributed by atoms with E-state index in [1.165, 1.54) is 6.33 Å². The van der Waals surface area contributed by atoms with E-state index in [9.17, 15) is 5.11 Å². The first-order valence-corrected chi connectivity index (χ1v) is 6.32. The first-order valence-electron chi connectivity index (χ1n) is 5.54. The minimum atomic E-state index is -0.949. The summed E-state index contributed by atoms with van der Waals surface area (Å²) in [5.41, 5.74) is -0.0364. The van der Waals surface area contributed by atoms with Crippen LogP contribution in [0.5, 0.6) is 0 Å². The maximum absolute atomic E-state index is 10.4. The second-order valence-electron chi connectivity index (χ2n) is 4.52. The summed E-state index contributed by atoms with van der Waals surface area (Å²) in [5, 5.41) is 13.9. The normalized spacial score (nSPS) is 13.6. The maximum atomic E-state index is 10.4. The number of aromatic nitrogens is 3. The Labute approximate surface area is 138 Å². The molecule has 1 aromatic heterocycles. The molecule has 1 aromatic carbocycles. The van der Waals surface area contributed by atoms with E-state index in [2.05, 4.69) is 10.1 Å². The SMILES string of the molecule is CC(O)(Cc1ccccc1Cl)Cn1[nH]cnc1=S.I. The zero-order valence-electron chi connectivity index (χ0n) is 10.3. The van der Waals surface area contributed by atoms with E-state index >= 15 is 0 Å². The fourth-order valence-corrected chi connectivity index (χ4v) is 2.21. The van der Waals surface area contributed by atoms with Gasteiger partial charge in [-0.2, -0.15) is 0 Å². The predicted octanol–water partition coefficient (Wildman–Crippen LogP) is 3.21. The topological polar surface area (TPSA) is 53.8 Å². The van der Waals surface area contributed by atoms with Gasteiger partial charge >= 0.3 is 0 Å². The lowest BCUT2D eigenvalue weighted by Crippen LogP contribution is -2.33. The van der Waals surface area contributed by atoms with Crippen LogP contribution in [-0.2, 0) is 13.0 Å². The highest BCUT2D eigenvalue weighted by atomic mass is 127. The lowest BCUT2D eigenvalue weighted by Gasteiger charge is -2.23. The second-order valence-corrected chi connectivity index (χ2v) is 5.29. The molecule has 0 aliphatic heterocycles. The summed E-state index contributed by atoms with van der Waals surface area (Å²) < 4.78 is 2.06. The van der Waals surface area contributed by atoms with Crippen molar-refractivity contribution in [3.8, 4) is 0 Å². The van der Waals surface area contributed by atoms with E-state index < -0.39 is 5.60 Å². The molecule has 0 saturated carbocycles. The third-order valence-corrected chi connectivity index (χ3v) is 3.34. The number of nitrogens with zero attached hydrogens (tertiary/aromatic N) is 2. The van der Waals surface area contributed by atoms with Crippen LogP contribution in [0, 0.1) is 4.77 Å². The highest BCUT2D eigenvalue weighted by Gasteiger charge is 2.23. The van der Waals surface area contributed by atoms with E-state index in [1.54, 1.807) is 11.6 Å². The van der Waals surface area contributed by atoms with Crippen molar-refractivity contribution in [3.63, 3.8) is 0 Å². The molecule has 2 N–H and O–H groups in total. The van der Waals surface area contributed by atoms with Crippen molar-refractivity contribution in [1.82, 2.24) is 14.8 Å². The summed E-state index contributed by atoms with van der Waals surface area (Å²) in [6.45, 7) is 2.09. The fourth-order valence-electron chi connectivity index (χ4n) is 1.84. The first kappa shape index (κ1) is 16.6. The number of H-pyrrole nitrogens is 1. The van der Waals surface area contributed by atoms with E-state index in [4.69, 9.17) is 23.8 Å². The van der Waals surface area contributed by atoms with Gasteiger partial charge in [-0.15, -0.1) is 24.0 Å². The lowest BCUT2D eigenvalue weighted by molar-refractivity contribution is 0.0381. The molecule has 104 valence electrons. The minimum absolute atomic E-state index is 0. The zero-order valence-corrected chi connectivity index (χ0v) is 14.2. The molecule has 1 atom stereocenters. The molecule has 0 radical (unpaired) electrons. The Morgan fingerprint density at radius 3 is 2.74 bits per heavy atom. The van der Waals surface area contributed by atoms with Crippen molar-refractivity contribution >= 4 is 47.8 Å². The van der Waals surface area contributed by atoms with Gasteiger partial charge < -0.3 is 5.11 Å². The van der Waals surface area contributed by atoms with Gasteiger partial charge in [0.1, 0.15) is 6.33 Å². The Morgan fingerprint density at radius 2 is 2.16 bits per heavy atom. The summed E-state index contributed by atoms with van der Waals surface area (Å²) in [5.74, 6) is 0. The second kappa shape index (κ2) is 6.83. The quantitative estimate of drug-likeness (QED) is 0.600. The number of benzene rings is 1. The average molecular weight is 412 g/mol. The Bertz CT molecular complexity index is 596. The van der Waals surface area contributed by atoms with Gasteiger partial charge in [0.2, 0.25) is 4.77 Å². The van der Waals surface area contributed by atoms with Crippen LogP contribution in [-0.4, -0.2) is 25.5 Å². The average Bonchev–Trinajstić information content (AvgIpc) is 2.67. The molecule has 0 aliphatic carbocycles. The minimum Gasteiger partial charge on any atom is -0.388 e. The molecule has 1 unspecified atom stereocenters. The van der Waals surface area contributed by atoms with Crippen molar-refractivity contribution in [2.75, 3.05) is 0 Å². The van der Waals surface area contributed by atoms with Gasteiger partial charge in [0.15, 0.2) is 0 Å². The number of nitrogens with one attached hydrogen (secondary N) is 1. The molecular weight excluding hydrogens is 397 g/mol. The number of hydrogen-bond acceptors (Lipinski definition) is 3.